The van der Waals surface area contributed by atoms with Crippen LogP contribution in [0.3, 0.4) is 0 Å². The van der Waals surface area contributed by atoms with Gasteiger partial charge in [-0.05, 0) is 50.1 Å². The van der Waals surface area contributed by atoms with Crippen molar-refractivity contribution in [2.45, 2.75) is 52.3 Å². The van der Waals surface area contributed by atoms with Gasteiger partial charge in [0.1, 0.15) is 5.75 Å². The predicted octanol–water partition coefficient (Wildman–Crippen LogP) is 4.57. The average molecular weight is 451 g/mol. The molecule has 1 aromatic rings. The first-order valence-electron chi connectivity index (χ1n) is 10.4. The molecule has 1 unspecified atom stereocenters. The van der Waals surface area contributed by atoms with Crippen molar-refractivity contribution in [3.05, 3.63) is 52.2 Å². The Balaban J connectivity index is 2.34. The smallest absolute Gasteiger partial charge is 0.416 e. The van der Waals surface area contributed by atoms with Crippen molar-refractivity contribution in [2.75, 3.05) is 13.6 Å². The third-order valence-electron chi connectivity index (χ3n) is 5.59. The SMILES string of the molecule is CCCCC(CNC=O)N(C)/C(C)=C1/C=CC(c2c(C)cc(C(F)(F)F)cc2O)=NC1=N. The molecule has 0 aliphatic carbocycles. The van der Waals surface area contributed by atoms with Crippen LogP contribution in [0.4, 0.5) is 13.2 Å². The number of nitrogens with one attached hydrogen (secondary N) is 2. The number of likely N-dealkylation sites (N-methyl/N-ethyl adjacent to an activating group) is 1. The molecule has 6 nitrogen and oxygen atoms in total. The van der Waals surface area contributed by atoms with Crippen LogP contribution in [-0.2, 0) is 11.0 Å². The summed E-state index contributed by atoms with van der Waals surface area (Å²) in [5.74, 6) is -0.586. The Bertz CT molecular complexity index is 941. The van der Waals surface area contributed by atoms with Crippen molar-refractivity contribution in [3.8, 4) is 5.75 Å². The van der Waals surface area contributed by atoms with Crippen LogP contribution in [0, 0.1) is 12.3 Å². The zero-order valence-electron chi connectivity index (χ0n) is 18.7. The van der Waals surface area contributed by atoms with Crippen LogP contribution in [0.1, 0.15) is 49.8 Å². The van der Waals surface area contributed by atoms with E-state index in [4.69, 9.17) is 5.41 Å². The zero-order chi connectivity index (χ0) is 24.1. The molecular formula is C23H29F3N4O2. The van der Waals surface area contributed by atoms with Gasteiger partial charge < -0.3 is 15.3 Å². The summed E-state index contributed by atoms with van der Waals surface area (Å²) in [4.78, 5) is 17.0. The molecule has 1 heterocycles. The van der Waals surface area contributed by atoms with Crippen LogP contribution < -0.4 is 5.32 Å². The van der Waals surface area contributed by atoms with E-state index in [0.29, 0.717) is 24.6 Å². The molecule has 3 N–H and O–H groups in total. The normalized spacial score (nSPS) is 16.5. The summed E-state index contributed by atoms with van der Waals surface area (Å²) in [5.41, 5.74) is 1.02. The number of dihydropyridines is 1. The lowest BCUT2D eigenvalue weighted by atomic mass is 9.96. The standard InChI is InChI=1S/C23H29F3N4O2/c1-5-6-7-17(12-28-13-31)30(4)15(3)18-8-9-19(29-22(18)27)21-14(2)10-16(11-20(21)32)23(24,25)26/h8-11,13,17,27,32H,5-7,12H2,1-4H3,(H,28,31)/b18-15-,27-22?. The summed E-state index contributed by atoms with van der Waals surface area (Å²) in [6.07, 6.45) is 2.22. The van der Waals surface area contributed by atoms with Crippen molar-refractivity contribution in [1.82, 2.24) is 10.2 Å². The van der Waals surface area contributed by atoms with Gasteiger partial charge in [-0.25, -0.2) is 4.99 Å². The summed E-state index contributed by atoms with van der Waals surface area (Å²) < 4.78 is 39.0. The monoisotopic (exact) mass is 450 g/mol. The number of alkyl halides is 3. The second-order valence-electron chi connectivity index (χ2n) is 7.80. The van der Waals surface area contributed by atoms with Crippen LogP contribution >= 0.6 is 0 Å². The van der Waals surface area contributed by atoms with Crippen LogP contribution in [0.5, 0.6) is 5.75 Å². The summed E-state index contributed by atoms with van der Waals surface area (Å²) in [6, 6.07) is 1.67. The topological polar surface area (TPSA) is 88.8 Å². The van der Waals surface area contributed by atoms with E-state index < -0.39 is 17.5 Å². The van der Waals surface area contributed by atoms with E-state index in [1.165, 1.54) is 6.92 Å². The molecule has 0 bridgehead atoms. The van der Waals surface area contributed by atoms with E-state index >= 15 is 0 Å². The molecule has 32 heavy (non-hydrogen) atoms. The van der Waals surface area contributed by atoms with Crippen LogP contribution in [0.25, 0.3) is 0 Å². The number of aryl methyl sites for hydroxylation is 1. The van der Waals surface area contributed by atoms with Crippen LogP contribution in [0.2, 0.25) is 0 Å². The highest BCUT2D eigenvalue weighted by Crippen LogP contribution is 2.35. The van der Waals surface area contributed by atoms with E-state index in [1.54, 1.807) is 12.2 Å². The average Bonchev–Trinajstić information content (AvgIpc) is 2.72. The highest BCUT2D eigenvalue weighted by atomic mass is 19.4. The molecule has 1 aliphatic rings. The number of carbonyl (C=O) groups excluding carboxylic acids is 1. The Hall–Kier alpha value is -3.10. The number of allylic oxidation sites excluding steroid dienone is 2. The minimum absolute atomic E-state index is 0.0421. The fourth-order valence-corrected chi connectivity index (χ4v) is 3.68. The molecule has 0 radical (unpaired) electrons. The number of phenols is 1. The Kier molecular flexibility index (Phi) is 8.24. The summed E-state index contributed by atoms with van der Waals surface area (Å²) in [6.45, 7) is 5.88. The van der Waals surface area contributed by atoms with E-state index in [9.17, 15) is 23.1 Å². The molecular weight excluding hydrogens is 421 g/mol. The van der Waals surface area contributed by atoms with Gasteiger partial charge in [0, 0.05) is 36.5 Å². The number of aromatic hydroxyl groups is 1. The first-order valence-corrected chi connectivity index (χ1v) is 10.4. The summed E-state index contributed by atoms with van der Waals surface area (Å²) in [5, 5.41) is 21.3. The number of benzene rings is 1. The number of aliphatic imine (C=N–C) groups is 1. The minimum Gasteiger partial charge on any atom is -0.507 e. The fourth-order valence-electron chi connectivity index (χ4n) is 3.68. The van der Waals surface area contributed by atoms with E-state index in [1.807, 2.05) is 18.9 Å². The van der Waals surface area contributed by atoms with Gasteiger partial charge in [-0.3, -0.25) is 10.2 Å². The fraction of sp³-hybridized carbons (Fsp3) is 0.435. The number of amidine groups is 1. The molecule has 2 rings (SSSR count). The second-order valence-corrected chi connectivity index (χ2v) is 7.80. The molecule has 1 aliphatic heterocycles. The van der Waals surface area contributed by atoms with Gasteiger partial charge in [-0.1, -0.05) is 19.8 Å². The molecule has 1 atom stereocenters. The number of halogens is 3. The van der Waals surface area contributed by atoms with E-state index in [2.05, 4.69) is 17.2 Å². The van der Waals surface area contributed by atoms with Gasteiger partial charge >= 0.3 is 6.18 Å². The molecule has 1 amide bonds. The largest absolute Gasteiger partial charge is 0.507 e. The van der Waals surface area contributed by atoms with Crippen molar-refractivity contribution in [3.63, 3.8) is 0 Å². The van der Waals surface area contributed by atoms with E-state index in [-0.39, 0.29) is 28.7 Å². The Labute approximate surface area is 186 Å². The van der Waals surface area contributed by atoms with Crippen molar-refractivity contribution < 1.29 is 23.1 Å². The number of rotatable bonds is 9. The molecule has 1 aromatic carbocycles. The lowest BCUT2D eigenvalue weighted by Crippen LogP contribution is -2.39. The highest BCUT2D eigenvalue weighted by molar-refractivity contribution is 6.21. The third-order valence-corrected chi connectivity index (χ3v) is 5.59. The van der Waals surface area contributed by atoms with Crippen LogP contribution in [0.15, 0.2) is 40.5 Å². The highest BCUT2D eigenvalue weighted by Gasteiger charge is 2.32. The number of hydrogen-bond donors (Lipinski definition) is 3. The summed E-state index contributed by atoms with van der Waals surface area (Å²) >= 11 is 0. The van der Waals surface area contributed by atoms with E-state index in [0.717, 1.165) is 31.0 Å². The number of carbonyl (C=O) groups is 1. The number of phenolic OH excluding ortho intramolecular Hbond substituents is 1. The molecule has 0 saturated heterocycles. The maximum atomic E-state index is 13.0. The Morgan fingerprint density at radius 3 is 2.56 bits per heavy atom. The molecule has 174 valence electrons. The van der Waals surface area contributed by atoms with Crippen molar-refractivity contribution in [2.24, 2.45) is 4.99 Å². The molecule has 0 fully saturated rings. The Morgan fingerprint density at radius 2 is 2.03 bits per heavy atom. The molecule has 0 aromatic heterocycles. The molecule has 0 spiro atoms. The van der Waals surface area contributed by atoms with Crippen LogP contribution in [-0.4, -0.2) is 47.6 Å². The lowest BCUT2D eigenvalue weighted by Gasteiger charge is -2.32. The number of amides is 1. The van der Waals surface area contributed by atoms with Crippen molar-refractivity contribution in [1.29, 1.82) is 5.41 Å². The maximum Gasteiger partial charge on any atom is 0.416 e. The number of hydrogen-bond acceptors (Lipinski definition) is 4. The number of unbranched alkanes of at least 4 members (excludes halogenated alkanes) is 1. The van der Waals surface area contributed by atoms with Gasteiger partial charge in [0.15, 0.2) is 5.84 Å². The van der Waals surface area contributed by atoms with Gasteiger partial charge in [-0.15, -0.1) is 0 Å². The second kappa shape index (κ2) is 10.5. The van der Waals surface area contributed by atoms with Gasteiger partial charge in [0.2, 0.25) is 6.41 Å². The zero-order valence-corrected chi connectivity index (χ0v) is 18.7. The quantitative estimate of drug-likeness (QED) is 0.482. The van der Waals surface area contributed by atoms with Gasteiger partial charge in [0.05, 0.1) is 11.3 Å². The lowest BCUT2D eigenvalue weighted by molar-refractivity contribution is -0.137. The third kappa shape index (κ3) is 5.77. The molecule has 0 saturated carbocycles. The van der Waals surface area contributed by atoms with Gasteiger partial charge in [-0.2, -0.15) is 13.2 Å². The van der Waals surface area contributed by atoms with Gasteiger partial charge in [0.25, 0.3) is 0 Å². The summed E-state index contributed by atoms with van der Waals surface area (Å²) in [7, 11) is 1.89. The first-order chi connectivity index (χ1) is 15.0. The minimum atomic E-state index is -4.57. The first kappa shape index (κ1) is 25.2. The number of nitrogens with zero attached hydrogens (tertiary/aromatic N) is 2. The maximum absolute atomic E-state index is 13.0. The van der Waals surface area contributed by atoms with Crippen molar-refractivity contribution >= 4 is 18.0 Å². The Morgan fingerprint density at radius 1 is 1.34 bits per heavy atom. The predicted molar refractivity (Wildman–Crippen MR) is 119 cm³/mol. The molecule has 9 heteroatoms.